The lowest BCUT2D eigenvalue weighted by Gasteiger charge is -2.37. The van der Waals surface area contributed by atoms with Crippen LogP contribution < -0.4 is 5.32 Å². The predicted molar refractivity (Wildman–Crippen MR) is 132 cm³/mol. The van der Waals surface area contributed by atoms with Crippen LogP contribution in [0.15, 0.2) is 60.7 Å². The number of ether oxygens (including phenoxy) is 2. The molecule has 180 valence electrons. The van der Waals surface area contributed by atoms with E-state index < -0.39 is 17.8 Å². The molecule has 0 aliphatic carbocycles. The molecule has 2 unspecified atom stereocenters. The second kappa shape index (κ2) is 10.4. The van der Waals surface area contributed by atoms with Crippen molar-refractivity contribution >= 4 is 34.2 Å². The van der Waals surface area contributed by atoms with Crippen LogP contribution in [-0.2, 0) is 38.8 Å². The molecule has 5 rings (SSSR count). The zero-order valence-corrected chi connectivity index (χ0v) is 20.0. The van der Waals surface area contributed by atoms with Gasteiger partial charge in [0, 0.05) is 18.0 Å². The highest BCUT2D eigenvalue weighted by Gasteiger charge is 2.37. The molecule has 3 aromatic rings. The van der Waals surface area contributed by atoms with Gasteiger partial charge in [0.05, 0.1) is 5.56 Å². The Kier molecular flexibility index (Phi) is 6.92. The molecule has 1 aromatic heterocycles. The first-order valence-corrected chi connectivity index (χ1v) is 12.5. The van der Waals surface area contributed by atoms with Crippen molar-refractivity contribution in [2.45, 2.75) is 38.5 Å². The zero-order valence-electron chi connectivity index (χ0n) is 19.2. The van der Waals surface area contributed by atoms with E-state index in [1.54, 1.807) is 0 Å². The second-order valence-electron chi connectivity index (χ2n) is 8.79. The maximum Gasteiger partial charge on any atom is 0.397 e. The van der Waals surface area contributed by atoms with E-state index in [-0.39, 0.29) is 19.1 Å². The molecule has 2 bridgehead atoms. The second-order valence-corrected chi connectivity index (χ2v) is 9.90. The molecular formula is C27H26N2O5S. The number of hydrogen-bond donors (Lipinski definition) is 1. The molecule has 2 atom stereocenters. The number of fused-ring (bicyclic) bond motifs is 4. The van der Waals surface area contributed by atoms with Crippen LogP contribution in [0.2, 0.25) is 0 Å². The third-order valence-corrected chi connectivity index (χ3v) is 7.45. The summed E-state index contributed by atoms with van der Waals surface area (Å²) in [6.45, 7) is 2.76. The molecule has 2 aromatic carbocycles. The van der Waals surface area contributed by atoms with E-state index in [0.717, 1.165) is 54.0 Å². The summed E-state index contributed by atoms with van der Waals surface area (Å²) in [6, 6.07) is 18.6. The fraction of sp³-hybridized carbons (Fsp3) is 0.296. The van der Waals surface area contributed by atoms with Gasteiger partial charge in [-0.05, 0) is 42.0 Å². The van der Waals surface area contributed by atoms with Crippen LogP contribution in [0.4, 0.5) is 5.00 Å². The third kappa shape index (κ3) is 5.28. The Morgan fingerprint density at radius 3 is 2.29 bits per heavy atom. The molecule has 0 saturated carbocycles. The normalized spacial score (nSPS) is 18.3. The van der Waals surface area contributed by atoms with Gasteiger partial charge in [-0.3, -0.25) is 9.69 Å². The lowest BCUT2D eigenvalue weighted by Crippen LogP contribution is -2.38. The topological polar surface area (TPSA) is 84.9 Å². The summed E-state index contributed by atoms with van der Waals surface area (Å²) in [6.07, 6.45) is 2.04. The number of carbonyl (C=O) groups is 3. The molecule has 0 spiro atoms. The first-order valence-electron chi connectivity index (χ1n) is 11.7. The lowest BCUT2D eigenvalue weighted by molar-refractivity contribution is -0.153. The van der Waals surface area contributed by atoms with Gasteiger partial charge in [0.2, 0.25) is 0 Å². The highest BCUT2D eigenvalue weighted by molar-refractivity contribution is 7.17. The van der Waals surface area contributed by atoms with E-state index in [0.29, 0.717) is 10.6 Å². The van der Waals surface area contributed by atoms with Crippen LogP contribution in [0, 0.1) is 0 Å². The summed E-state index contributed by atoms with van der Waals surface area (Å²) < 4.78 is 10.8. The average Bonchev–Trinajstić information content (AvgIpc) is 3.25. The third-order valence-electron chi connectivity index (χ3n) is 6.35. The van der Waals surface area contributed by atoms with Crippen molar-refractivity contribution in [2.75, 3.05) is 18.4 Å². The number of esters is 2. The lowest BCUT2D eigenvalue weighted by atomic mass is 9.85. The minimum absolute atomic E-state index is 0.00293. The van der Waals surface area contributed by atoms with Crippen molar-refractivity contribution in [3.8, 4) is 0 Å². The zero-order chi connectivity index (χ0) is 24.2. The van der Waals surface area contributed by atoms with Gasteiger partial charge in [0.15, 0.2) is 0 Å². The van der Waals surface area contributed by atoms with Crippen molar-refractivity contribution in [1.29, 1.82) is 0 Å². The summed E-state index contributed by atoms with van der Waals surface area (Å²) in [7, 11) is 0. The van der Waals surface area contributed by atoms with Gasteiger partial charge in [0.1, 0.15) is 18.2 Å². The van der Waals surface area contributed by atoms with Crippen molar-refractivity contribution in [2.24, 2.45) is 0 Å². The molecular weight excluding hydrogens is 464 g/mol. The van der Waals surface area contributed by atoms with E-state index in [1.807, 2.05) is 60.7 Å². The first-order chi connectivity index (χ1) is 17.1. The average molecular weight is 491 g/mol. The Morgan fingerprint density at radius 1 is 0.943 bits per heavy atom. The van der Waals surface area contributed by atoms with Crippen LogP contribution in [0.3, 0.4) is 0 Å². The number of piperidine rings is 1. The Bertz CT molecular complexity index is 1230. The molecule has 1 amide bonds. The number of rotatable bonds is 6. The van der Waals surface area contributed by atoms with E-state index in [9.17, 15) is 14.4 Å². The highest BCUT2D eigenvalue weighted by Crippen LogP contribution is 2.45. The molecule has 1 fully saturated rings. The minimum atomic E-state index is -0.994. The Hall–Kier alpha value is -3.49. The Labute approximate surface area is 207 Å². The van der Waals surface area contributed by atoms with E-state index in [1.165, 1.54) is 11.3 Å². The molecule has 35 heavy (non-hydrogen) atoms. The number of nitrogens with zero attached hydrogens (tertiary/aromatic N) is 1. The largest absolute Gasteiger partial charge is 0.457 e. The standard InChI is InChI=1S/C27H26N2O5S/c30-24(27(32)34-17-19-10-5-2-6-11-19)28-25-23(26(31)33-16-18-8-3-1-4-9-18)22-20-12-7-13-29(14-20)15-21(22)35-25/h1-6,8-11,20H,7,12-17H2,(H,28,30). The molecule has 0 radical (unpaired) electrons. The number of benzene rings is 2. The van der Waals surface area contributed by atoms with E-state index in [4.69, 9.17) is 9.47 Å². The van der Waals surface area contributed by atoms with Crippen LogP contribution in [0.25, 0.3) is 0 Å². The van der Waals surface area contributed by atoms with Crippen LogP contribution in [0.1, 0.15) is 50.7 Å². The van der Waals surface area contributed by atoms with Gasteiger partial charge in [-0.25, -0.2) is 9.59 Å². The van der Waals surface area contributed by atoms with E-state index >= 15 is 0 Å². The SMILES string of the molecule is O=C(Nc1sc2c(c1C(=O)OCc1ccccc1)C1CCCN(C2)C1)C(=O)OCc1ccccc1. The smallest absolute Gasteiger partial charge is 0.397 e. The highest BCUT2D eigenvalue weighted by atomic mass is 32.1. The summed E-state index contributed by atoms with van der Waals surface area (Å²) in [5.74, 6) is -2.18. The predicted octanol–water partition coefficient (Wildman–Crippen LogP) is 4.48. The van der Waals surface area contributed by atoms with Gasteiger partial charge in [-0.2, -0.15) is 0 Å². The van der Waals surface area contributed by atoms with Gasteiger partial charge in [-0.15, -0.1) is 11.3 Å². The Morgan fingerprint density at radius 2 is 1.60 bits per heavy atom. The number of amides is 1. The Balaban J connectivity index is 1.35. The summed E-state index contributed by atoms with van der Waals surface area (Å²) >= 11 is 1.35. The van der Waals surface area contributed by atoms with Gasteiger partial charge < -0.3 is 14.8 Å². The van der Waals surface area contributed by atoms with Crippen molar-refractivity contribution in [1.82, 2.24) is 4.90 Å². The monoisotopic (exact) mass is 490 g/mol. The number of anilines is 1. The molecule has 1 N–H and O–H groups in total. The van der Waals surface area contributed by atoms with Gasteiger partial charge in [-0.1, -0.05) is 60.7 Å². The number of hydrogen-bond acceptors (Lipinski definition) is 7. The fourth-order valence-corrected chi connectivity index (χ4v) is 6.02. The minimum Gasteiger partial charge on any atom is -0.457 e. The molecule has 2 aliphatic heterocycles. The summed E-state index contributed by atoms with van der Waals surface area (Å²) in [5, 5.41) is 3.00. The summed E-state index contributed by atoms with van der Waals surface area (Å²) in [5.41, 5.74) is 2.99. The summed E-state index contributed by atoms with van der Waals surface area (Å²) in [4.78, 5) is 41.8. The van der Waals surface area contributed by atoms with Crippen molar-refractivity contribution < 1.29 is 23.9 Å². The van der Waals surface area contributed by atoms with Crippen LogP contribution in [-0.4, -0.2) is 35.8 Å². The van der Waals surface area contributed by atoms with Crippen molar-refractivity contribution in [3.63, 3.8) is 0 Å². The molecule has 3 heterocycles. The van der Waals surface area contributed by atoms with Crippen LogP contribution in [0.5, 0.6) is 0 Å². The van der Waals surface area contributed by atoms with Gasteiger partial charge in [0.25, 0.3) is 0 Å². The molecule has 1 saturated heterocycles. The molecule has 8 heteroatoms. The molecule has 7 nitrogen and oxygen atoms in total. The number of carbonyl (C=O) groups excluding carboxylic acids is 3. The van der Waals surface area contributed by atoms with E-state index in [2.05, 4.69) is 10.2 Å². The first kappa shape index (κ1) is 23.3. The van der Waals surface area contributed by atoms with Gasteiger partial charge >= 0.3 is 17.8 Å². The molecule has 2 aliphatic rings. The maximum absolute atomic E-state index is 13.3. The number of nitrogens with one attached hydrogen (secondary N) is 1. The quantitative estimate of drug-likeness (QED) is 0.405. The van der Waals surface area contributed by atoms with Crippen LogP contribution >= 0.6 is 11.3 Å². The number of thiophene rings is 1. The maximum atomic E-state index is 13.3. The van der Waals surface area contributed by atoms with Crippen molar-refractivity contribution in [3.05, 3.63) is 87.8 Å². The fourth-order valence-electron chi connectivity index (χ4n) is 4.71.